The number of carbonyl (C=O) groups excluding carboxylic acids is 1. The number of hydrogen-bond donors (Lipinski definition) is 4. The van der Waals surface area contributed by atoms with E-state index in [-0.39, 0.29) is 29.9 Å². The molecule has 1 atom stereocenters. The second-order valence-electron chi connectivity index (χ2n) is 6.29. The lowest BCUT2D eigenvalue weighted by Crippen LogP contribution is -2.33. The van der Waals surface area contributed by atoms with Crippen LogP contribution in [0.4, 0.5) is 0 Å². The number of amides is 1. The Labute approximate surface area is 144 Å². The number of nitrogens with one attached hydrogen (secondary N) is 1. The van der Waals surface area contributed by atoms with Gasteiger partial charge in [0.2, 0.25) is 5.91 Å². The number of phenols is 2. The Bertz CT molecular complexity index is 490. The minimum Gasteiger partial charge on any atom is -0.508 e. The molecule has 0 fully saturated rings. The van der Waals surface area contributed by atoms with Crippen LogP contribution >= 0.6 is 0 Å². The minimum absolute atomic E-state index is 0.0116. The second-order valence-corrected chi connectivity index (χ2v) is 6.29. The third kappa shape index (κ3) is 7.68. The molecule has 0 bridgehead atoms. The molecule has 4 N–H and O–H groups in total. The van der Waals surface area contributed by atoms with Crippen molar-refractivity contribution >= 4 is 5.91 Å². The van der Waals surface area contributed by atoms with Crippen molar-refractivity contribution in [1.29, 1.82) is 0 Å². The van der Waals surface area contributed by atoms with Crippen LogP contribution < -0.4 is 5.32 Å². The van der Waals surface area contributed by atoms with Crippen LogP contribution in [0, 0.1) is 5.92 Å². The topological polar surface area (TPSA) is 89.8 Å². The molecule has 1 aromatic carbocycles. The molecule has 24 heavy (non-hydrogen) atoms. The first kappa shape index (κ1) is 20.3. The summed E-state index contributed by atoms with van der Waals surface area (Å²) in [5, 5.41) is 31.3. The number of hydrogen-bond acceptors (Lipinski definition) is 4. The van der Waals surface area contributed by atoms with E-state index >= 15 is 0 Å². The van der Waals surface area contributed by atoms with Crippen molar-refractivity contribution in [3.05, 3.63) is 23.8 Å². The summed E-state index contributed by atoms with van der Waals surface area (Å²) in [6.07, 6.45) is 7.71. The Morgan fingerprint density at radius 2 is 1.83 bits per heavy atom. The molecule has 1 unspecified atom stereocenters. The average molecular weight is 337 g/mol. The Morgan fingerprint density at radius 1 is 1.12 bits per heavy atom. The van der Waals surface area contributed by atoms with Crippen molar-refractivity contribution < 1.29 is 20.1 Å². The lowest BCUT2D eigenvalue weighted by molar-refractivity contribution is -0.125. The highest BCUT2D eigenvalue weighted by Crippen LogP contribution is 2.25. The van der Waals surface area contributed by atoms with E-state index in [4.69, 9.17) is 0 Å². The van der Waals surface area contributed by atoms with E-state index in [9.17, 15) is 20.1 Å². The highest BCUT2D eigenvalue weighted by Gasteiger charge is 2.19. The van der Waals surface area contributed by atoms with Gasteiger partial charge in [0.1, 0.15) is 11.5 Å². The summed E-state index contributed by atoms with van der Waals surface area (Å²) >= 11 is 0. The molecule has 0 saturated carbocycles. The fraction of sp³-hybridized carbons (Fsp3) is 0.632. The Kier molecular flexibility index (Phi) is 9.92. The van der Waals surface area contributed by atoms with Gasteiger partial charge in [0.05, 0.1) is 0 Å². The van der Waals surface area contributed by atoms with Gasteiger partial charge in [0.25, 0.3) is 0 Å². The number of rotatable bonds is 12. The predicted molar refractivity (Wildman–Crippen MR) is 95.1 cm³/mol. The molecule has 5 nitrogen and oxygen atoms in total. The molecule has 5 heteroatoms. The Morgan fingerprint density at radius 3 is 2.50 bits per heavy atom. The number of aromatic hydroxyl groups is 2. The smallest absolute Gasteiger partial charge is 0.223 e. The normalized spacial score (nSPS) is 12.1. The lowest BCUT2D eigenvalue weighted by Gasteiger charge is -2.16. The zero-order valence-electron chi connectivity index (χ0n) is 14.6. The molecule has 0 aromatic heterocycles. The summed E-state index contributed by atoms with van der Waals surface area (Å²) in [6.45, 7) is 2.76. The average Bonchev–Trinajstić information content (AvgIpc) is 2.55. The summed E-state index contributed by atoms with van der Waals surface area (Å²) in [5.41, 5.74) is 0.598. The van der Waals surface area contributed by atoms with Crippen molar-refractivity contribution in [1.82, 2.24) is 5.32 Å². The fourth-order valence-corrected chi connectivity index (χ4v) is 2.73. The van der Waals surface area contributed by atoms with Crippen LogP contribution in [-0.2, 0) is 11.2 Å². The van der Waals surface area contributed by atoms with Crippen molar-refractivity contribution in [2.24, 2.45) is 5.92 Å². The van der Waals surface area contributed by atoms with E-state index < -0.39 is 0 Å². The summed E-state index contributed by atoms with van der Waals surface area (Å²) in [4.78, 5) is 12.3. The molecule has 0 aliphatic heterocycles. The minimum atomic E-state index is -0.384. The van der Waals surface area contributed by atoms with Crippen LogP contribution in [-0.4, -0.2) is 34.4 Å². The standard InChI is InChI=1S/C19H31NO4/c1-2-3-4-5-6-7-11-20-19(24)16(10-12-21)13-15-8-9-17(22)14-18(15)23/h8-9,14,16,21-23H,2-7,10-13H2,1H3,(H,20,24). The van der Waals surface area contributed by atoms with Gasteiger partial charge in [-0.05, 0) is 30.9 Å². The van der Waals surface area contributed by atoms with E-state index in [0.29, 0.717) is 24.9 Å². The molecule has 0 heterocycles. The van der Waals surface area contributed by atoms with Crippen molar-refractivity contribution in [2.45, 2.75) is 58.3 Å². The fourth-order valence-electron chi connectivity index (χ4n) is 2.73. The number of aliphatic hydroxyl groups is 1. The highest BCUT2D eigenvalue weighted by atomic mass is 16.3. The number of aliphatic hydroxyl groups excluding tert-OH is 1. The quantitative estimate of drug-likeness (QED) is 0.441. The van der Waals surface area contributed by atoms with Crippen molar-refractivity contribution in [2.75, 3.05) is 13.2 Å². The van der Waals surface area contributed by atoms with E-state index in [1.807, 2.05) is 0 Å². The SMILES string of the molecule is CCCCCCCCNC(=O)C(CCO)Cc1ccc(O)cc1O. The van der Waals surface area contributed by atoms with E-state index in [1.54, 1.807) is 6.07 Å². The number of unbranched alkanes of at least 4 members (excludes halogenated alkanes) is 5. The molecular weight excluding hydrogens is 306 g/mol. The maximum atomic E-state index is 12.3. The van der Waals surface area contributed by atoms with Crippen LogP contribution in [0.2, 0.25) is 0 Å². The van der Waals surface area contributed by atoms with Gasteiger partial charge >= 0.3 is 0 Å². The first-order valence-electron chi connectivity index (χ1n) is 8.97. The summed E-state index contributed by atoms with van der Waals surface area (Å²) in [7, 11) is 0. The third-order valence-electron chi connectivity index (χ3n) is 4.21. The first-order chi connectivity index (χ1) is 11.6. The summed E-state index contributed by atoms with van der Waals surface area (Å²) in [5.74, 6) is -0.514. The van der Waals surface area contributed by atoms with Gasteiger partial charge in [0, 0.05) is 25.1 Å². The molecule has 0 saturated heterocycles. The van der Waals surface area contributed by atoms with Gasteiger partial charge in [0.15, 0.2) is 0 Å². The van der Waals surface area contributed by atoms with Gasteiger partial charge in [-0.1, -0.05) is 45.1 Å². The summed E-state index contributed by atoms with van der Waals surface area (Å²) < 4.78 is 0. The molecule has 0 aliphatic rings. The first-order valence-corrected chi connectivity index (χ1v) is 8.97. The monoisotopic (exact) mass is 337 g/mol. The van der Waals surface area contributed by atoms with Crippen molar-refractivity contribution in [3.8, 4) is 11.5 Å². The molecule has 0 radical (unpaired) electrons. The molecule has 0 aliphatic carbocycles. The Hall–Kier alpha value is -1.75. The van der Waals surface area contributed by atoms with Crippen molar-refractivity contribution in [3.63, 3.8) is 0 Å². The van der Waals surface area contributed by atoms with Crippen LogP contribution in [0.25, 0.3) is 0 Å². The Balaban J connectivity index is 2.41. The molecule has 136 valence electrons. The van der Waals surface area contributed by atoms with Gasteiger partial charge in [-0.2, -0.15) is 0 Å². The lowest BCUT2D eigenvalue weighted by atomic mass is 9.95. The molecule has 1 rings (SSSR count). The zero-order valence-corrected chi connectivity index (χ0v) is 14.6. The molecule has 1 amide bonds. The van der Waals surface area contributed by atoms with E-state index in [2.05, 4.69) is 12.2 Å². The van der Waals surface area contributed by atoms with Crippen LogP contribution in [0.15, 0.2) is 18.2 Å². The van der Waals surface area contributed by atoms with Crippen LogP contribution in [0.3, 0.4) is 0 Å². The maximum absolute atomic E-state index is 12.3. The van der Waals surface area contributed by atoms with Crippen LogP contribution in [0.1, 0.15) is 57.4 Å². The zero-order chi connectivity index (χ0) is 17.8. The molecule has 0 spiro atoms. The third-order valence-corrected chi connectivity index (χ3v) is 4.21. The second kappa shape index (κ2) is 11.7. The van der Waals surface area contributed by atoms with Crippen LogP contribution in [0.5, 0.6) is 11.5 Å². The van der Waals surface area contributed by atoms with Gasteiger partial charge in [-0.3, -0.25) is 4.79 Å². The highest BCUT2D eigenvalue weighted by molar-refractivity contribution is 5.79. The number of benzene rings is 1. The predicted octanol–water partition coefficient (Wildman–Crippen LogP) is 3.12. The molecule has 1 aromatic rings. The number of phenolic OH excluding ortho intramolecular Hbond substituents is 2. The van der Waals surface area contributed by atoms with Gasteiger partial charge < -0.3 is 20.6 Å². The largest absolute Gasteiger partial charge is 0.508 e. The maximum Gasteiger partial charge on any atom is 0.223 e. The van der Waals surface area contributed by atoms with Gasteiger partial charge in [-0.25, -0.2) is 0 Å². The summed E-state index contributed by atoms with van der Waals surface area (Å²) in [6, 6.07) is 4.36. The molecular formula is C19H31NO4. The van der Waals surface area contributed by atoms with E-state index in [1.165, 1.54) is 37.8 Å². The number of carbonyl (C=O) groups is 1. The van der Waals surface area contributed by atoms with Gasteiger partial charge in [-0.15, -0.1) is 0 Å². The van der Waals surface area contributed by atoms with E-state index in [0.717, 1.165) is 12.8 Å².